The molecular formula is C39H38N6PtS. The van der Waals surface area contributed by atoms with Crippen molar-refractivity contribution in [1.29, 1.82) is 0 Å². The molecule has 0 atom stereocenters. The van der Waals surface area contributed by atoms with E-state index in [1.807, 2.05) is 18.6 Å². The average molecular weight is 818 g/mol. The molecule has 0 saturated carbocycles. The van der Waals surface area contributed by atoms with Gasteiger partial charge in [-0.2, -0.15) is 0 Å². The minimum absolute atomic E-state index is 0. The summed E-state index contributed by atoms with van der Waals surface area (Å²) in [6.07, 6.45) is 7.78. The average Bonchev–Trinajstić information content (AvgIpc) is 3.80. The molecule has 0 aliphatic carbocycles. The fourth-order valence-electron chi connectivity index (χ4n) is 7.28. The van der Waals surface area contributed by atoms with Gasteiger partial charge >= 0.3 is 21.1 Å². The summed E-state index contributed by atoms with van der Waals surface area (Å²) in [6, 6.07) is 21.4. The maximum absolute atomic E-state index is 5.01. The molecule has 0 spiro atoms. The van der Waals surface area contributed by atoms with Crippen molar-refractivity contribution in [3.63, 3.8) is 0 Å². The van der Waals surface area contributed by atoms with Gasteiger partial charge in [0, 0.05) is 40.6 Å². The van der Waals surface area contributed by atoms with Crippen LogP contribution >= 0.6 is 11.8 Å². The first-order chi connectivity index (χ1) is 22.0. The van der Waals surface area contributed by atoms with Gasteiger partial charge in [-0.15, -0.1) is 30.0 Å². The first-order valence-electron chi connectivity index (χ1n) is 16.1. The first kappa shape index (κ1) is 31.9. The van der Waals surface area contributed by atoms with Crippen molar-refractivity contribution in [2.24, 2.45) is 0 Å². The number of hydrogen-bond donors (Lipinski definition) is 0. The Balaban J connectivity index is 0.00000351. The van der Waals surface area contributed by atoms with Gasteiger partial charge < -0.3 is 14.4 Å². The number of imidazole rings is 3. The number of hydrogen-bond acceptors (Lipinski definition) is 4. The van der Waals surface area contributed by atoms with Gasteiger partial charge in [0.1, 0.15) is 5.82 Å². The third kappa shape index (κ3) is 4.60. The van der Waals surface area contributed by atoms with E-state index in [-0.39, 0.29) is 31.9 Å². The molecule has 0 N–H and O–H groups in total. The fraction of sp³-hybridized carbons (Fsp3) is 0.308. The predicted octanol–water partition coefficient (Wildman–Crippen LogP) is 9.61. The van der Waals surface area contributed by atoms with Crippen LogP contribution in [0.3, 0.4) is 0 Å². The van der Waals surface area contributed by atoms with Crippen LogP contribution in [0.1, 0.15) is 89.6 Å². The molecular weight excluding hydrogens is 780 g/mol. The number of nitrogens with zero attached hydrogens (tertiary/aromatic N) is 6. The molecule has 3 aromatic carbocycles. The third-order valence-corrected chi connectivity index (χ3v) is 11.3. The Morgan fingerprint density at radius 2 is 1.53 bits per heavy atom. The van der Waals surface area contributed by atoms with Gasteiger partial charge in [0.05, 0.1) is 11.3 Å². The molecule has 0 saturated heterocycles. The maximum atomic E-state index is 5.01. The van der Waals surface area contributed by atoms with Crippen LogP contribution in [0.5, 0.6) is 0 Å². The second kappa shape index (κ2) is 11.2. The summed E-state index contributed by atoms with van der Waals surface area (Å²) in [5.74, 6) is 2.10. The van der Waals surface area contributed by atoms with Crippen LogP contribution in [0.4, 0.5) is 0 Å². The number of benzene rings is 3. The van der Waals surface area contributed by atoms with Gasteiger partial charge in [-0.1, -0.05) is 114 Å². The molecule has 0 fully saturated rings. The Morgan fingerprint density at radius 3 is 2.26 bits per heavy atom. The maximum Gasteiger partial charge on any atom is 2.00 e. The summed E-state index contributed by atoms with van der Waals surface area (Å²) in [6.45, 7) is 18.3. The van der Waals surface area contributed by atoms with Crippen LogP contribution in [-0.2, 0) is 31.9 Å². The Kier molecular flexibility index (Phi) is 7.61. The Bertz CT molecular complexity index is 2290. The van der Waals surface area contributed by atoms with Gasteiger partial charge in [-0.3, -0.25) is 9.55 Å². The van der Waals surface area contributed by atoms with Gasteiger partial charge in [-0.25, -0.2) is 4.98 Å². The van der Waals surface area contributed by atoms with E-state index in [1.165, 1.54) is 44.4 Å². The molecule has 240 valence electrons. The van der Waals surface area contributed by atoms with E-state index in [0.29, 0.717) is 17.7 Å². The molecule has 6 nitrogen and oxygen atoms in total. The quantitative estimate of drug-likeness (QED) is 0.124. The fourth-order valence-corrected chi connectivity index (χ4v) is 8.03. The van der Waals surface area contributed by atoms with Crippen LogP contribution in [0.25, 0.3) is 44.7 Å². The van der Waals surface area contributed by atoms with Crippen LogP contribution in [0.2, 0.25) is 0 Å². The second-order valence-corrected chi connectivity index (χ2v) is 15.3. The van der Waals surface area contributed by atoms with Crippen LogP contribution in [0, 0.1) is 6.07 Å². The largest absolute Gasteiger partial charge is 2.00 e. The molecule has 7 aromatic rings. The Labute approximate surface area is 294 Å². The standard InChI is InChI=1S/C39H38N6S.Pt/c1-22(2)25-11-9-12-26(23(3)4)33(25)44-18-17-40-37(44)35-41-21-32(43-35)46-24-15-16-27-28-13-10-14-30-34(28)45-31(39(7,8)38(30,5)6)20-42-36(45)29(27)19-24;/h9-18,20-23H,1-8H3;/q-2;+2. The van der Waals surface area contributed by atoms with Gasteiger partial charge in [0.25, 0.3) is 0 Å². The van der Waals surface area contributed by atoms with Crippen LogP contribution < -0.4 is 4.98 Å². The van der Waals surface area contributed by atoms with Crippen molar-refractivity contribution in [2.75, 3.05) is 0 Å². The van der Waals surface area contributed by atoms with Crippen LogP contribution in [0.15, 0.2) is 83.2 Å². The normalized spacial score (nSPS) is 15.0. The van der Waals surface area contributed by atoms with E-state index < -0.39 is 0 Å². The summed E-state index contributed by atoms with van der Waals surface area (Å²) in [5.41, 5.74) is 8.45. The molecule has 4 aromatic heterocycles. The van der Waals surface area contributed by atoms with E-state index in [0.717, 1.165) is 26.8 Å². The summed E-state index contributed by atoms with van der Waals surface area (Å²) in [5, 5.41) is 4.24. The number of pyridine rings is 1. The molecule has 1 aliphatic heterocycles. The summed E-state index contributed by atoms with van der Waals surface area (Å²) < 4.78 is 4.54. The van der Waals surface area contributed by atoms with Crippen LogP contribution in [-0.4, -0.2) is 23.9 Å². The van der Waals surface area contributed by atoms with Crippen molar-refractivity contribution in [3.8, 4) is 17.3 Å². The molecule has 1 aliphatic rings. The number of para-hydroxylation sites is 2. The zero-order valence-corrected chi connectivity index (χ0v) is 31.1. The van der Waals surface area contributed by atoms with E-state index in [2.05, 4.69) is 125 Å². The Morgan fingerprint density at radius 1 is 0.809 bits per heavy atom. The number of rotatable bonds is 6. The molecule has 0 unspecified atom stereocenters. The number of fused-ring (bicyclic) bond motifs is 3. The molecule has 0 radical (unpaired) electrons. The minimum Gasteiger partial charge on any atom is -0.439 e. The molecule has 47 heavy (non-hydrogen) atoms. The minimum atomic E-state index is -0.0909. The van der Waals surface area contributed by atoms with Crippen molar-refractivity contribution < 1.29 is 21.1 Å². The van der Waals surface area contributed by atoms with Crippen molar-refractivity contribution in [3.05, 3.63) is 102 Å². The number of aromatic nitrogens is 6. The van der Waals surface area contributed by atoms with Gasteiger partial charge in [0.15, 0.2) is 0 Å². The molecule has 5 heterocycles. The smallest absolute Gasteiger partial charge is 0.439 e. The van der Waals surface area contributed by atoms with Gasteiger partial charge in [-0.05, 0) is 44.8 Å². The van der Waals surface area contributed by atoms with Crippen molar-refractivity contribution in [1.82, 2.24) is 28.9 Å². The first-order valence-corrected chi connectivity index (χ1v) is 16.9. The topological polar surface area (TPSA) is 62.1 Å². The molecule has 8 rings (SSSR count). The van der Waals surface area contributed by atoms with E-state index >= 15 is 0 Å². The van der Waals surface area contributed by atoms with Crippen molar-refractivity contribution >= 4 is 39.1 Å². The monoisotopic (exact) mass is 817 g/mol. The Hall–Kier alpha value is -3.67. The van der Waals surface area contributed by atoms with Crippen molar-refractivity contribution in [2.45, 2.75) is 88.0 Å². The summed E-state index contributed by atoms with van der Waals surface area (Å²) >= 11 is 1.57. The zero-order chi connectivity index (χ0) is 32.1. The van der Waals surface area contributed by atoms with E-state index in [1.54, 1.807) is 11.8 Å². The second-order valence-electron chi connectivity index (χ2n) is 14.2. The van der Waals surface area contributed by atoms with E-state index in [9.17, 15) is 0 Å². The molecule has 8 heteroatoms. The van der Waals surface area contributed by atoms with Gasteiger partial charge in [0.2, 0.25) is 0 Å². The predicted molar refractivity (Wildman–Crippen MR) is 188 cm³/mol. The summed E-state index contributed by atoms with van der Waals surface area (Å²) in [4.78, 5) is 20.4. The third-order valence-electron chi connectivity index (χ3n) is 10.5. The zero-order valence-electron chi connectivity index (χ0n) is 28.0. The summed E-state index contributed by atoms with van der Waals surface area (Å²) in [7, 11) is 0. The SMILES string of the molecule is CC(C)c1cccc(C(C)C)c1-n1ccnc1-c1ncc(Sc2[c-]c3c(cc2)c2cccc4c2n2c(cnc32)C(C)(C)C4(C)C)[n-]1.[Pt+2]. The molecule has 0 bridgehead atoms. The molecule has 0 amide bonds. The van der Waals surface area contributed by atoms with E-state index in [4.69, 9.17) is 19.9 Å².